The van der Waals surface area contributed by atoms with E-state index in [2.05, 4.69) is 20.9 Å². The Kier molecular flexibility index (Phi) is 4.84. The zero-order chi connectivity index (χ0) is 8.04. The lowest BCUT2D eigenvalue weighted by Crippen LogP contribution is -2.68. The molecule has 4 nitrogen and oxygen atoms in total. The molecule has 0 heterocycles. The van der Waals surface area contributed by atoms with Gasteiger partial charge in [0.25, 0.3) is 0 Å². The number of likely N-dealkylation sites (N-methyl/N-ethyl adjacent to an activating group) is 3. The molecule has 5 heteroatoms. The summed E-state index contributed by atoms with van der Waals surface area (Å²) in [5, 5.41) is 9.43. The van der Waals surface area contributed by atoms with Crippen LogP contribution < -0.4 is 20.9 Å². The van der Waals surface area contributed by atoms with Gasteiger partial charge in [-0.05, 0) is 21.1 Å². The minimum absolute atomic E-state index is 0.124. The van der Waals surface area contributed by atoms with Gasteiger partial charge in [-0.1, -0.05) is 0 Å². The number of hydrogen-bond donors (Lipinski definition) is 4. The highest BCUT2D eigenvalue weighted by Crippen LogP contribution is 1.86. The Balaban J connectivity index is 3.87. The third-order valence-corrected chi connectivity index (χ3v) is 2.58. The summed E-state index contributed by atoms with van der Waals surface area (Å²) in [6.07, 6.45) is 0. The molecule has 0 rings (SSSR count). The molecule has 0 aromatic heterocycles. The van der Waals surface area contributed by atoms with Crippen molar-refractivity contribution in [1.29, 1.82) is 0 Å². The largest absolute Gasteiger partial charge is 0.316 e. The van der Waals surface area contributed by atoms with Gasteiger partial charge in [-0.25, -0.2) is 0 Å². The first-order chi connectivity index (χ1) is 4.74. The molecule has 0 aromatic carbocycles. The average Bonchev–Trinajstić information content (AvgIpc) is 2.01. The second kappa shape index (κ2) is 4.81. The SMILES string of the molecule is CNCC(NC)(NC)N[SiH3]. The van der Waals surface area contributed by atoms with Gasteiger partial charge in [-0.3, -0.25) is 10.6 Å². The van der Waals surface area contributed by atoms with E-state index in [0.717, 1.165) is 16.9 Å². The maximum atomic E-state index is 3.27. The molecule has 0 saturated carbocycles. The van der Waals surface area contributed by atoms with Gasteiger partial charge in [-0.15, -0.1) is 0 Å². The summed E-state index contributed by atoms with van der Waals surface area (Å²) >= 11 is 0. The van der Waals surface area contributed by atoms with Crippen molar-refractivity contribution in [2.24, 2.45) is 0 Å². The van der Waals surface area contributed by atoms with Crippen molar-refractivity contribution in [3.05, 3.63) is 0 Å². The molecule has 4 N–H and O–H groups in total. The monoisotopic (exact) mass is 162 g/mol. The van der Waals surface area contributed by atoms with Gasteiger partial charge < -0.3 is 10.3 Å². The van der Waals surface area contributed by atoms with Crippen molar-refractivity contribution < 1.29 is 0 Å². The van der Waals surface area contributed by atoms with Crippen LogP contribution in [0.4, 0.5) is 0 Å². The van der Waals surface area contributed by atoms with Gasteiger partial charge in [0, 0.05) is 6.54 Å². The van der Waals surface area contributed by atoms with Crippen LogP contribution in [0.25, 0.3) is 0 Å². The van der Waals surface area contributed by atoms with Crippen molar-refractivity contribution in [2.75, 3.05) is 27.7 Å². The predicted molar refractivity (Wildman–Crippen MR) is 47.9 cm³/mol. The Morgan fingerprint density at radius 1 is 1.20 bits per heavy atom. The van der Waals surface area contributed by atoms with E-state index in [4.69, 9.17) is 0 Å². The highest BCUT2D eigenvalue weighted by molar-refractivity contribution is 6.04. The molecule has 0 aliphatic carbocycles. The maximum absolute atomic E-state index is 3.27. The predicted octanol–water partition coefficient (Wildman–Crippen LogP) is -2.83. The molecular formula is C5H18N4Si. The zero-order valence-corrected chi connectivity index (χ0v) is 9.21. The van der Waals surface area contributed by atoms with Gasteiger partial charge in [-0.2, -0.15) is 0 Å². The molecule has 0 aromatic rings. The smallest absolute Gasteiger partial charge is 0.129 e. The molecule has 0 aliphatic rings. The van der Waals surface area contributed by atoms with E-state index >= 15 is 0 Å². The van der Waals surface area contributed by atoms with Crippen LogP contribution in [0.2, 0.25) is 0 Å². The minimum atomic E-state index is -0.124. The quantitative estimate of drug-likeness (QED) is 0.260. The van der Waals surface area contributed by atoms with Gasteiger partial charge >= 0.3 is 0 Å². The van der Waals surface area contributed by atoms with Crippen molar-refractivity contribution in [3.63, 3.8) is 0 Å². The van der Waals surface area contributed by atoms with Gasteiger partial charge in [0.15, 0.2) is 0 Å². The Hall–Kier alpha value is 0.0569. The molecule has 10 heavy (non-hydrogen) atoms. The summed E-state index contributed by atoms with van der Waals surface area (Å²) in [5.41, 5.74) is 0. The van der Waals surface area contributed by atoms with E-state index in [1.165, 1.54) is 0 Å². The van der Waals surface area contributed by atoms with Gasteiger partial charge in [0.05, 0.1) is 10.4 Å². The topological polar surface area (TPSA) is 48.1 Å². The molecule has 62 valence electrons. The van der Waals surface area contributed by atoms with Crippen LogP contribution in [-0.4, -0.2) is 43.9 Å². The lowest BCUT2D eigenvalue weighted by Gasteiger charge is -2.32. The molecule has 0 unspecified atom stereocenters. The zero-order valence-electron chi connectivity index (χ0n) is 7.21. The lowest BCUT2D eigenvalue weighted by molar-refractivity contribution is 0.270. The second-order valence-electron chi connectivity index (χ2n) is 2.19. The second-order valence-corrected chi connectivity index (χ2v) is 2.69. The number of nitrogens with one attached hydrogen (secondary N) is 4. The molecule has 0 aliphatic heterocycles. The maximum Gasteiger partial charge on any atom is 0.129 e. The number of hydrogen-bond acceptors (Lipinski definition) is 4. The molecule has 0 atom stereocenters. The van der Waals surface area contributed by atoms with Crippen molar-refractivity contribution in [3.8, 4) is 0 Å². The first kappa shape index (κ1) is 10.1. The average molecular weight is 162 g/mol. The molecule has 0 spiro atoms. The fraction of sp³-hybridized carbons (Fsp3) is 1.00. The Morgan fingerprint density at radius 3 is 1.80 bits per heavy atom. The normalized spacial score (nSPS) is 12.3. The molecule has 0 amide bonds. The molecule has 0 fully saturated rings. The summed E-state index contributed by atoms with van der Waals surface area (Å²) in [6, 6.07) is 0. The van der Waals surface area contributed by atoms with Gasteiger partial charge in [0.1, 0.15) is 5.79 Å². The minimum Gasteiger partial charge on any atom is -0.316 e. The van der Waals surface area contributed by atoms with E-state index in [9.17, 15) is 0 Å². The molecular weight excluding hydrogens is 144 g/mol. The first-order valence-corrected chi connectivity index (χ1v) is 4.46. The Bertz CT molecular complexity index is 75.5. The third kappa shape index (κ3) is 2.35. The third-order valence-electron chi connectivity index (χ3n) is 1.72. The van der Waals surface area contributed by atoms with Crippen molar-refractivity contribution in [1.82, 2.24) is 20.9 Å². The van der Waals surface area contributed by atoms with Crippen LogP contribution in [0.3, 0.4) is 0 Å². The van der Waals surface area contributed by atoms with Crippen molar-refractivity contribution in [2.45, 2.75) is 5.79 Å². The van der Waals surface area contributed by atoms with Crippen LogP contribution in [0.15, 0.2) is 0 Å². The van der Waals surface area contributed by atoms with Crippen molar-refractivity contribution >= 4 is 10.4 Å². The summed E-state index contributed by atoms with van der Waals surface area (Å²) < 4.78 is 0. The van der Waals surface area contributed by atoms with Crippen LogP contribution in [0.1, 0.15) is 0 Å². The standard InChI is InChI=1S/C5H18N4Si/c1-6-4-5(7-2,8-3)9-10/h6-9H,4H2,1-3,10H3. The summed E-state index contributed by atoms with van der Waals surface area (Å²) in [7, 11) is 6.76. The van der Waals surface area contributed by atoms with E-state index < -0.39 is 0 Å². The first-order valence-electron chi connectivity index (χ1n) is 3.46. The molecule has 0 bridgehead atoms. The summed E-state index contributed by atoms with van der Waals surface area (Å²) in [4.78, 5) is 3.27. The summed E-state index contributed by atoms with van der Waals surface area (Å²) in [6.45, 7) is 0.865. The van der Waals surface area contributed by atoms with Crippen LogP contribution in [0.5, 0.6) is 0 Å². The Morgan fingerprint density at radius 2 is 1.70 bits per heavy atom. The van der Waals surface area contributed by atoms with Gasteiger partial charge in [0.2, 0.25) is 0 Å². The molecule has 0 radical (unpaired) electrons. The number of rotatable bonds is 5. The highest BCUT2D eigenvalue weighted by atomic mass is 28.2. The highest BCUT2D eigenvalue weighted by Gasteiger charge is 2.20. The van der Waals surface area contributed by atoms with Crippen LogP contribution in [-0.2, 0) is 0 Å². The van der Waals surface area contributed by atoms with E-state index in [0.29, 0.717) is 0 Å². The van der Waals surface area contributed by atoms with E-state index in [1.807, 2.05) is 21.1 Å². The molecule has 0 saturated heterocycles. The van der Waals surface area contributed by atoms with Crippen LogP contribution >= 0.6 is 0 Å². The lowest BCUT2D eigenvalue weighted by atomic mass is 10.3. The van der Waals surface area contributed by atoms with E-state index in [-0.39, 0.29) is 5.79 Å². The van der Waals surface area contributed by atoms with Crippen LogP contribution in [0, 0.1) is 0 Å². The Labute approximate surface area is 65.6 Å². The summed E-state index contributed by atoms with van der Waals surface area (Å²) in [5.74, 6) is -0.124. The fourth-order valence-electron chi connectivity index (χ4n) is 0.905. The fourth-order valence-corrected chi connectivity index (χ4v) is 1.58. The van der Waals surface area contributed by atoms with E-state index in [1.54, 1.807) is 0 Å².